The lowest BCUT2D eigenvalue weighted by Gasteiger charge is -2.46. The highest BCUT2D eigenvalue weighted by atomic mass is 16.5. The van der Waals surface area contributed by atoms with Crippen molar-refractivity contribution in [3.63, 3.8) is 0 Å². The lowest BCUT2D eigenvalue weighted by atomic mass is 9.77. The Morgan fingerprint density at radius 3 is 2.59 bits per heavy atom. The fourth-order valence-electron chi connectivity index (χ4n) is 3.36. The number of rotatable bonds is 3. The Balaban J connectivity index is 2.17. The van der Waals surface area contributed by atoms with Gasteiger partial charge in [0.05, 0.1) is 12.3 Å². The van der Waals surface area contributed by atoms with E-state index in [-0.39, 0.29) is 0 Å². The summed E-state index contributed by atoms with van der Waals surface area (Å²) in [5, 5.41) is 6.05. The van der Waals surface area contributed by atoms with Crippen LogP contribution in [0, 0.1) is 17.8 Å². The maximum atomic E-state index is 5.62. The summed E-state index contributed by atoms with van der Waals surface area (Å²) in [4.78, 5) is 0. The van der Waals surface area contributed by atoms with Crippen LogP contribution in [0.4, 0.5) is 0 Å². The SMILES string of the molecule is COC(C)C1C(C(C)C)CNN2CC(C)NC12. The number of nitrogens with zero attached hydrogens (tertiary/aromatic N) is 1. The molecule has 0 aromatic rings. The fraction of sp³-hybridized carbons (Fsp3) is 1.00. The largest absolute Gasteiger partial charge is 0.381 e. The van der Waals surface area contributed by atoms with Gasteiger partial charge in [-0.15, -0.1) is 0 Å². The molecule has 0 radical (unpaired) electrons. The van der Waals surface area contributed by atoms with Crippen LogP contribution in [0.25, 0.3) is 0 Å². The molecule has 0 amide bonds. The molecule has 0 aliphatic carbocycles. The normalized spacial score (nSPS) is 40.6. The van der Waals surface area contributed by atoms with Gasteiger partial charge in [-0.25, -0.2) is 5.01 Å². The minimum Gasteiger partial charge on any atom is -0.381 e. The summed E-state index contributed by atoms with van der Waals surface area (Å²) in [7, 11) is 1.83. The van der Waals surface area contributed by atoms with Gasteiger partial charge >= 0.3 is 0 Å². The molecule has 2 aliphatic heterocycles. The Bertz CT molecular complexity index is 259. The quantitative estimate of drug-likeness (QED) is 0.774. The summed E-state index contributed by atoms with van der Waals surface area (Å²) in [5.74, 6) is 1.92. The Hall–Kier alpha value is -0.160. The third-order valence-electron chi connectivity index (χ3n) is 4.42. The summed E-state index contributed by atoms with van der Waals surface area (Å²) in [5.41, 5.74) is 3.57. The standard InChI is InChI=1S/C13H27N3O/c1-8(2)11-6-14-16-7-9(3)15-13(16)12(11)10(4)17-5/h8-15H,6-7H2,1-5H3. The maximum absolute atomic E-state index is 5.62. The number of hydrazine groups is 1. The molecule has 2 N–H and O–H groups in total. The molecule has 5 atom stereocenters. The molecule has 0 saturated carbocycles. The number of methoxy groups -OCH3 is 1. The number of nitrogens with one attached hydrogen (secondary N) is 2. The van der Waals surface area contributed by atoms with E-state index < -0.39 is 0 Å². The molecule has 17 heavy (non-hydrogen) atoms. The molecule has 2 aliphatic rings. The zero-order valence-electron chi connectivity index (χ0n) is 11.7. The van der Waals surface area contributed by atoms with Crippen LogP contribution in [0.15, 0.2) is 0 Å². The van der Waals surface area contributed by atoms with Crippen LogP contribution < -0.4 is 10.7 Å². The summed E-state index contributed by atoms with van der Waals surface area (Å²) in [6.07, 6.45) is 0.718. The molecular formula is C13H27N3O. The highest BCUT2D eigenvalue weighted by molar-refractivity contribution is 4.96. The Kier molecular flexibility index (Phi) is 4.08. The van der Waals surface area contributed by atoms with E-state index in [0.29, 0.717) is 36.1 Å². The first-order chi connectivity index (χ1) is 8.04. The second-order valence-electron chi connectivity index (χ2n) is 5.95. The topological polar surface area (TPSA) is 36.5 Å². The molecule has 5 unspecified atom stereocenters. The van der Waals surface area contributed by atoms with Crippen LogP contribution in [-0.2, 0) is 4.74 Å². The summed E-state index contributed by atoms with van der Waals surface area (Å²) in [6, 6.07) is 0.560. The smallest absolute Gasteiger partial charge is 0.0792 e. The second kappa shape index (κ2) is 5.22. The molecule has 4 heteroatoms. The van der Waals surface area contributed by atoms with Crippen molar-refractivity contribution in [2.75, 3.05) is 20.2 Å². The molecule has 2 heterocycles. The predicted octanol–water partition coefficient (Wildman–Crippen LogP) is 1.05. The minimum atomic E-state index is 0.301. The summed E-state index contributed by atoms with van der Waals surface area (Å²) < 4.78 is 5.62. The van der Waals surface area contributed by atoms with Gasteiger partial charge < -0.3 is 4.74 Å². The van der Waals surface area contributed by atoms with Crippen LogP contribution in [-0.4, -0.2) is 43.5 Å². The molecule has 2 fully saturated rings. The minimum absolute atomic E-state index is 0.301. The first kappa shape index (κ1) is 13.3. The van der Waals surface area contributed by atoms with Gasteiger partial charge in [0, 0.05) is 32.2 Å². The van der Waals surface area contributed by atoms with Gasteiger partial charge in [0.1, 0.15) is 0 Å². The van der Waals surface area contributed by atoms with E-state index in [2.05, 4.69) is 43.4 Å². The predicted molar refractivity (Wildman–Crippen MR) is 69.4 cm³/mol. The summed E-state index contributed by atoms with van der Waals surface area (Å²) >= 11 is 0. The average Bonchev–Trinajstić information content (AvgIpc) is 2.66. The number of fused-ring (bicyclic) bond motifs is 1. The maximum Gasteiger partial charge on any atom is 0.0792 e. The zero-order chi connectivity index (χ0) is 12.6. The van der Waals surface area contributed by atoms with Gasteiger partial charge in [-0.05, 0) is 25.7 Å². The van der Waals surface area contributed by atoms with Crippen molar-refractivity contribution in [2.45, 2.75) is 46.0 Å². The highest BCUT2D eigenvalue weighted by Gasteiger charge is 2.45. The molecule has 0 aromatic carbocycles. The molecule has 0 aromatic heterocycles. The van der Waals surface area contributed by atoms with Crippen molar-refractivity contribution >= 4 is 0 Å². The first-order valence-electron chi connectivity index (χ1n) is 6.83. The van der Waals surface area contributed by atoms with Crippen LogP contribution in [0.5, 0.6) is 0 Å². The van der Waals surface area contributed by atoms with Gasteiger partial charge in [-0.2, -0.15) is 0 Å². The van der Waals surface area contributed by atoms with Crippen molar-refractivity contribution in [1.82, 2.24) is 15.8 Å². The number of hydrogen-bond donors (Lipinski definition) is 2. The average molecular weight is 241 g/mol. The number of ether oxygens (including phenoxy) is 1. The third-order valence-corrected chi connectivity index (χ3v) is 4.42. The van der Waals surface area contributed by atoms with Crippen molar-refractivity contribution in [1.29, 1.82) is 0 Å². The van der Waals surface area contributed by atoms with Crippen LogP contribution in [0.1, 0.15) is 27.7 Å². The van der Waals surface area contributed by atoms with E-state index in [1.165, 1.54) is 0 Å². The van der Waals surface area contributed by atoms with E-state index in [0.717, 1.165) is 13.1 Å². The third kappa shape index (κ3) is 2.50. The van der Waals surface area contributed by atoms with Crippen molar-refractivity contribution in [2.24, 2.45) is 17.8 Å². The van der Waals surface area contributed by atoms with Gasteiger partial charge in [0.15, 0.2) is 0 Å². The van der Waals surface area contributed by atoms with Crippen molar-refractivity contribution in [3.8, 4) is 0 Å². The fourth-order valence-corrected chi connectivity index (χ4v) is 3.36. The van der Waals surface area contributed by atoms with Crippen LogP contribution >= 0.6 is 0 Å². The Labute approximate surface area is 105 Å². The Morgan fingerprint density at radius 2 is 2.00 bits per heavy atom. The highest BCUT2D eigenvalue weighted by Crippen LogP contribution is 2.34. The molecular weight excluding hydrogens is 214 g/mol. The lowest BCUT2D eigenvalue weighted by Crippen LogP contribution is -2.61. The number of hydrogen-bond acceptors (Lipinski definition) is 4. The van der Waals surface area contributed by atoms with Gasteiger partial charge in [-0.1, -0.05) is 13.8 Å². The molecule has 2 rings (SSSR count). The van der Waals surface area contributed by atoms with E-state index >= 15 is 0 Å². The first-order valence-corrected chi connectivity index (χ1v) is 6.83. The molecule has 0 spiro atoms. The second-order valence-corrected chi connectivity index (χ2v) is 5.95. The zero-order valence-corrected chi connectivity index (χ0v) is 11.7. The Morgan fingerprint density at radius 1 is 1.29 bits per heavy atom. The van der Waals surface area contributed by atoms with Crippen LogP contribution in [0.2, 0.25) is 0 Å². The monoisotopic (exact) mass is 241 g/mol. The van der Waals surface area contributed by atoms with E-state index in [4.69, 9.17) is 4.74 Å². The van der Waals surface area contributed by atoms with Gasteiger partial charge in [0.2, 0.25) is 0 Å². The van der Waals surface area contributed by atoms with E-state index in [1.807, 2.05) is 7.11 Å². The van der Waals surface area contributed by atoms with Crippen LogP contribution in [0.3, 0.4) is 0 Å². The summed E-state index contributed by atoms with van der Waals surface area (Å²) in [6.45, 7) is 11.2. The van der Waals surface area contributed by atoms with Crippen molar-refractivity contribution < 1.29 is 4.74 Å². The van der Waals surface area contributed by atoms with Crippen molar-refractivity contribution in [3.05, 3.63) is 0 Å². The lowest BCUT2D eigenvalue weighted by molar-refractivity contribution is -0.0642. The molecule has 100 valence electrons. The van der Waals surface area contributed by atoms with E-state index in [9.17, 15) is 0 Å². The van der Waals surface area contributed by atoms with Gasteiger partial charge in [-0.3, -0.25) is 10.7 Å². The molecule has 4 nitrogen and oxygen atoms in total. The molecule has 2 saturated heterocycles. The molecule has 0 bridgehead atoms. The van der Waals surface area contributed by atoms with E-state index in [1.54, 1.807) is 0 Å². The van der Waals surface area contributed by atoms with Gasteiger partial charge in [0.25, 0.3) is 0 Å².